The molecule has 0 spiro atoms. The van der Waals surface area contributed by atoms with E-state index in [0.717, 1.165) is 0 Å². The number of sulfonamides is 1. The van der Waals surface area contributed by atoms with Gasteiger partial charge in [-0.1, -0.05) is 23.7 Å². The van der Waals surface area contributed by atoms with Crippen molar-refractivity contribution in [3.05, 3.63) is 64.9 Å². The van der Waals surface area contributed by atoms with Crippen molar-refractivity contribution in [1.29, 1.82) is 0 Å². The van der Waals surface area contributed by atoms with Crippen LogP contribution in [0.2, 0.25) is 5.02 Å². The third kappa shape index (κ3) is 4.86. The lowest BCUT2D eigenvalue weighted by molar-refractivity contribution is 0.0687. The summed E-state index contributed by atoms with van der Waals surface area (Å²) in [6.45, 7) is 1.24. The summed E-state index contributed by atoms with van der Waals surface area (Å²) >= 11 is 5.78. The van der Waals surface area contributed by atoms with Gasteiger partial charge in [0.1, 0.15) is 5.82 Å². The van der Waals surface area contributed by atoms with Gasteiger partial charge in [-0.2, -0.15) is 0 Å². The number of halogens is 2. The molecule has 1 amide bonds. The Balaban J connectivity index is 1.53. The van der Waals surface area contributed by atoms with E-state index in [1.165, 1.54) is 36.4 Å². The van der Waals surface area contributed by atoms with E-state index in [1.807, 2.05) is 0 Å². The van der Waals surface area contributed by atoms with Gasteiger partial charge in [-0.05, 0) is 55.2 Å². The van der Waals surface area contributed by atoms with E-state index >= 15 is 0 Å². The molecule has 0 aromatic heterocycles. The molecule has 0 unspecified atom stereocenters. The summed E-state index contributed by atoms with van der Waals surface area (Å²) in [6.07, 6.45) is 1.31. The molecule has 8 heteroatoms. The molecular weight excluding hydrogens is 391 g/mol. The highest BCUT2D eigenvalue weighted by Crippen LogP contribution is 2.21. The van der Waals surface area contributed by atoms with Gasteiger partial charge in [-0.25, -0.2) is 17.5 Å². The lowest BCUT2D eigenvalue weighted by Gasteiger charge is -2.32. The molecule has 1 saturated heterocycles. The predicted molar refractivity (Wildman–Crippen MR) is 102 cm³/mol. The van der Waals surface area contributed by atoms with Crippen LogP contribution in [0.3, 0.4) is 0 Å². The Kier molecular flexibility index (Phi) is 6.14. The van der Waals surface area contributed by atoms with Gasteiger partial charge in [-0.3, -0.25) is 4.79 Å². The number of benzene rings is 2. The number of nitrogens with zero attached hydrogens (tertiary/aromatic N) is 1. The lowest BCUT2D eigenvalue weighted by atomic mass is 9.96. The van der Waals surface area contributed by atoms with E-state index < -0.39 is 15.8 Å². The summed E-state index contributed by atoms with van der Waals surface area (Å²) in [5.74, 6) is -0.731. The quantitative estimate of drug-likeness (QED) is 0.822. The zero-order valence-electron chi connectivity index (χ0n) is 14.6. The summed E-state index contributed by atoms with van der Waals surface area (Å²) in [7, 11) is -3.59. The van der Waals surface area contributed by atoms with Gasteiger partial charge in [0.05, 0.1) is 10.5 Å². The molecule has 2 aromatic rings. The molecule has 1 fully saturated rings. The number of likely N-dealkylation sites (tertiary alicyclic amines) is 1. The molecule has 1 heterocycles. The average molecular weight is 411 g/mol. The molecule has 3 rings (SSSR count). The second kappa shape index (κ2) is 8.37. The summed E-state index contributed by atoms with van der Waals surface area (Å²) in [5.41, 5.74) is 0.0689. The first-order chi connectivity index (χ1) is 12.9. The molecule has 2 aromatic carbocycles. The number of amides is 1. The maximum absolute atomic E-state index is 13.8. The number of hydrogen-bond acceptors (Lipinski definition) is 3. The molecule has 0 atom stereocenters. The monoisotopic (exact) mass is 410 g/mol. The molecular formula is C19H20ClFN2O3S. The third-order valence-corrected chi connectivity index (χ3v) is 6.38. The van der Waals surface area contributed by atoms with Crippen LogP contribution in [0, 0.1) is 11.7 Å². The number of piperidine rings is 1. The Hall–Kier alpha value is -1.96. The van der Waals surface area contributed by atoms with Crippen molar-refractivity contribution in [2.75, 3.05) is 19.6 Å². The average Bonchev–Trinajstić information content (AvgIpc) is 2.67. The molecule has 1 N–H and O–H groups in total. The second-order valence-corrected chi connectivity index (χ2v) is 8.72. The fraction of sp³-hybridized carbons (Fsp3) is 0.316. The van der Waals surface area contributed by atoms with Gasteiger partial charge < -0.3 is 4.90 Å². The molecule has 0 saturated carbocycles. The fourth-order valence-electron chi connectivity index (χ4n) is 3.07. The first-order valence-electron chi connectivity index (χ1n) is 8.66. The molecule has 1 aliphatic rings. The summed E-state index contributed by atoms with van der Waals surface area (Å²) in [6, 6.07) is 11.9. The topological polar surface area (TPSA) is 66.5 Å². The zero-order chi connectivity index (χ0) is 19.4. The van der Waals surface area contributed by atoms with E-state index in [-0.39, 0.29) is 22.3 Å². The van der Waals surface area contributed by atoms with Crippen molar-refractivity contribution in [3.8, 4) is 0 Å². The van der Waals surface area contributed by atoms with E-state index in [1.54, 1.807) is 17.0 Å². The molecule has 5 nitrogen and oxygen atoms in total. The normalized spacial score (nSPS) is 15.7. The second-order valence-electron chi connectivity index (χ2n) is 6.52. The number of carbonyl (C=O) groups excluding carboxylic acids is 1. The van der Waals surface area contributed by atoms with Crippen LogP contribution in [0.25, 0.3) is 0 Å². The molecule has 0 bridgehead atoms. The highest BCUT2D eigenvalue weighted by atomic mass is 35.5. The largest absolute Gasteiger partial charge is 0.339 e. The maximum Gasteiger partial charge on any atom is 0.256 e. The van der Waals surface area contributed by atoms with Crippen LogP contribution in [0.4, 0.5) is 4.39 Å². The molecule has 0 radical (unpaired) electrons. The molecule has 1 aliphatic heterocycles. The van der Waals surface area contributed by atoms with Crippen molar-refractivity contribution in [3.63, 3.8) is 0 Å². The van der Waals surface area contributed by atoms with Crippen LogP contribution in [0.5, 0.6) is 0 Å². The van der Waals surface area contributed by atoms with E-state index in [2.05, 4.69) is 4.72 Å². The zero-order valence-corrected chi connectivity index (χ0v) is 16.1. The Labute approximate surface area is 163 Å². The number of rotatable bonds is 5. The Morgan fingerprint density at radius 1 is 1.11 bits per heavy atom. The first-order valence-corrected chi connectivity index (χ1v) is 10.5. The smallest absolute Gasteiger partial charge is 0.256 e. The first kappa shape index (κ1) is 19.8. The van der Waals surface area contributed by atoms with Gasteiger partial charge in [-0.15, -0.1) is 0 Å². The molecule has 144 valence electrons. The summed E-state index contributed by atoms with van der Waals surface area (Å²) < 4.78 is 41.0. The lowest BCUT2D eigenvalue weighted by Crippen LogP contribution is -2.41. The molecule has 0 aliphatic carbocycles. The van der Waals surface area contributed by atoms with Crippen molar-refractivity contribution >= 4 is 27.5 Å². The Bertz CT molecular complexity index is 911. The minimum Gasteiger partial charge on any atom is -0.339 e. The van der Waals surface area contributed by atoms with Crippen molar-refractivity contribution < 1.29 is 17.6 Å². The van der Waals surface area contributed by atoms with Crippen LogP contribution in [0.1, 0.15) is 23.2 Å². The van der Waals surface area contributed by atoms with Crippen LogP contribution in [0.15, 0.2) is 53.4 Å². The molecule has 27 heavy (non-hydrogen) atoms. The number of hydrogen-bond donors (Lipinski definition) is 1. The van der Waals surface area contributed by atoms with Crippen molar-refractivity contribution in [2.45, 2.75) is 17.7 Å². The SMILES string of the molecule is O=C(c1ccccc1F)N1CCC(CNS(=O)(=O)c2ccc(Cl)cc2)CC1. The van der Waals surface area contributed by atoms with E-state index in [4.69, 9.17) is 11.6 Å². The highest BCUT2D eigenvalue weighted by molar-refractivity contribution is 7.89. The minimum absolute atomic E-state index is 0.0689. The van der Waals surface area contributed by atoms with Crippen LogP contribution in [-0.4, -0.2) is 38.9 Å². The van der Waals surface area contributed by atoms with Gasteiger partial charge in [0, 0.05) is 24.7 Å². The van der Waals surface area contributed by atoms with E-state index in [9.17, 15) is 17.6 Å². The Morgan fingerprint density at radius 2 is 1.74 bits per heavy atom. The maximum atomic E-state index is 13.8. The number of nitrogens with one attached hydrogen (secondary N) is 1. The van der Waals surface area contributed by atoms with Crippen LogP contribution in [-0.2, 0) is 10.0 Å². The number of carbonyl (C=O) groups is 1. The van der Waals surface area contributed by atoms with Crippen LogP contribution >= 0.6 is 11.6 Å². The van der Waals surface area contributed by atoms with E-state index in [0.29, 0.717) is 37.5 Å². The third-order valence-electron chi connectivity index (χ3n) is 4.69. The van der Waals surface area contributed by atoms with Crippen LogP contribution < -0.4 is 4.72 Å². The predicted octanol–water partition coefficient (Wildman–Crippen LogP) is 3.31. The minimum atomic E-state index is -3.59. The van der Waals surface area contributed by atoms with Crippen molar-refractivity contribution in [2.24, 2.45) is 5.92 Å². The van der Waals surface area contributed by atoms with Gasteiger partial charge in [0.25, 0.3) is 5.91 Å². The summed E-state index contributed by atoms with van der Waals surface area (Å²) in [5, 5.41) is 0.473. The van der Waals surface area contributed by atoms with Gasteiger partial charge >= 0.3 is 0 Å². The standard InChI is InChI=1S/C19H20ClFN2O3S/c20-15-5-7-16(8-6-15)27(25,26)22-13-14-9-11-23(12-10-14)19(24)17-3-1-2-4-18(17)21/h1-8,14,22H,9-13H2. The Morgan fingerprint density at radius 3 is 2.37 bits per heavy atom. The fourth-order valence-corrected chi connectivity index (χ4v) is 4.31. The van der Waals surface area contributed by atoms with Crippen molar-refractivity contribution in [1.82, 2.24) is 9.62 Å². The summed E-state index contributed by atoms with van der Waals surface area (Å²) in [4.78, 5) is 14.2. The highest BCUT2D eigenvalue weighted by Gasteiger charge is 2.26. The van der Waals surface area contributed by atoms with Gasteiger partial charge in [0.15, 0.2) is 0 Å². The van der Waals surface area contributed by atoms with Gasteiger partial charge in [0.2, 0.25) is 10.0 Å².